The molecule has 96 valence electrons. The van der Waals surface area contributed by atoms with Crippen LogP contribution in [0.4, 0.5) is 0 Å². The number of hydrogen-bond donors (Lipinski definition) is 0. The lowest BCUT2D eigenvalue weighted by atomic mass is 10.3. The van der Waals surface area contributed by atoms with Gasteiger partial charge in [0.15, 0.2) is 0 Å². The first-order valence-electron chi connectivity index (χ1n) is 6.67. The highest BCUT2D eigenvalue weighted by Crippen LogP contribution is 2.03. The number of rotatable bonds is 9. The second-order valence-corrected chi connectivity index (χ2v) is 4.51. The molecule has 0 saturated heterocycles. The zero-order valence-electron chi connectivity index (χ0n) is 11.1. The summed E-state index contributed by atoms with van der Waals surface area (Å²) in [6.07, 6.45) is 7.06. The van der Waals surface area contributed by atoms with Crippen molar-refractivity contribution in [3.8, 4) is 0 Å². The molecule has 16 heavy (non-hydrogen) atoms. The van der Waals surface area contributed by atoms with Crippen molar-refractivity contribution in [1.29, 1.82) is 0 Å². The molecular formula is C13H27NOS. The first kappa shape index (κ1) is 15.7. The van der Waals surface area contributed by atoms with Crippen LogP contribution in [0.3, 0.4) is 0 Å². The third kappa shape index (κ3) is 7.91. The van der Waals surface area contributed by atoms with Crippen LogP contribution < -0.4 is 0 Å². The zero-order chi connectivity index (χ0) is 12.2. The summed E-state index contributed by atoms with van der Waals surface area (Å²) in [5.41, 5.74) is 0. The maximum absolute atomic E-state index is 5.60. The van der Waals surface area contributed by atoms with Crippen LogP contribution in [0, 0.1) is 0 Å². The second-order valence-electron chi connectivity index (χ2n) is 4.16. The van der Waals surface area contributed by atoms with Gasteiger partial charge in [-0.25, -0.2) is 0 Å². The second kappa shape index (κ2) is 11.2. The van der Waals surface area contributed by atoms with Crippen molar-refractivity contribution in [3.63, 3.8) is 0 Å². The number of nitrogens with zero attached hydrogens (tertiary/aromatic N) is 1. The van der Waals surface area contributed by atoms with E-state index in [9.17, 15) is 0 Å². The molecule has 0 atom stereocenters. The molecule has 3 heteroatoms. The molecule has 0 saturated carbocycles. The van der Waals surface area contributed by atoms with E-state index in [1.54, 1.807) is 0 Å². The highest BCUT2D eigenvalue weighted by Gasteiger charge is 2.09. The minimum Gasteiger partial charge on any atom is -0.471 e. The molecule has 0 heterocycles. The molecule has 0 bridgehead atoms. The molecule has 0 unspecified atom stereocenters. The Kier molecular flexibility index (Phi) is 11.0. The number of hydrogen-bond acceptors (Lipinski definition) is 2. The van der Waals surface area contributed by atoms with E-state index < -0.39 is 0 Å². The summed E-state index contributed by atoms with van der Waals surface area (Å²) in [7, 11) is 0. The third-order valence-corrected chi connectivity index (χ3v) is 2.92. The van der Waals surface area contributed by atoms with Crippen LogP contribution in [0.5, 0.6) is 0 Å². The van der Waals surface area contributed by atoms with Gasteiger partial charge in [-0.3, -0.25) is 0 Å². The van der Waals surface area contributed by atoms with Gasteiger partial charge in [0.25, 0.3) is 5.17 Å². The van der Waals surface area contributed by atoms with Gasteiger partial charge in [-0.15, -0.1) is 0 Å². The first-order chi connectivity index (χ1) is 7.76. The Balaban J connectivity index is 3.88. The molecule has 0 aliphatic carbocycles. The van der Waals surface area contributed by atoms with Crippen LogP contribution in [-0.2, 0) is 4.74 Å². The van der Waals surface area contributed by atoms with Crippen LogP contribution in [0.25, 0.3) is 0 Å². The number of unbranched alkanes of at least 4 members (excludes halogenated alkanes) is 3. The lowest BCUT2D eigenvalue weighted by Gasteiger charge is -2.24. The topological polar surface area (TPSA) is 12.5 Å². The van der Waals surface area contributed by atoms with Crippen molar-refractivity contribution in [3.05, 3.63) is 0 Å². The lowest BCUT2D eigenvalue weighted by Crippen LogP contribution is -2.33. The van der Waals surface area contributed by atoms with Crippen molar-refractivity contribution in [2.45, 2.75) is 59.3 Å². The monoisotopic (exact) mass is 245 g/mol. The maximum Gasteiger partial charge on any atom is 0.259 e. The molecule has 0 N–H and O–H groups in total. The van der Waals surface area contributed by atoms with Crippen LogP contribution >= 0.6 is 12.2 Å². The van der Waals surface area contributed by atoms with Gasteiger partial charge < -0.3 is 9.64 Å². The Morgan fingerprint density at radius 1 is 0.938 bits per heavy atom. The molecule has 0 radical (unpaired) electrons. The third-order valence-electron chi connectivity index (χ3n) is 2.54. The van der Waals surface area contributed by atoms with Gasteiger partial charge in [0.05, 0.1) is 6.61 Å². The van der Waals surface area contributed by atoms with Crippen LogP contribution in [0.2, 0.25) is 0 Å². The minimum absolute atomic E-state index is 0.704. The van der Waals surface area contributed by atoms with E-state index in [1.807, 2.05) is 0 Å². The largest absolute Gasteiger partial charge is 0.471 e. The Bertz CT molecular complexity index is 165. The highest BCUT2D eigenvalue weighted by atomic mass is 32.1. The van der Waals surface area contributed by atoms with Crippen LogP contribution in [0.15, 0.2) is 0 Å². The summed E-state index contributed by atoms with van der Waals surface area (Å²) in [4.78, 5) is 2.22. The van der Waals surface area contributed by atoms with Gasteiger partial charge >= 0.3 is 0 Å². The number of ether oxygens (including phenoxy) is 1. The summed E-state index contributed by atoms with van der Waals surface area (Å²) in [6.45, 7) is 9.43. The van der Waals surface area contributed by atoms with Gasteiger partial charge in [0, 0.05) is 13.1 Å². The highest BCUT2D eigenvalue weighted by molar-refractivity contribution is 7.80. The molecule has 0 amide bonds. The Labute approximate surface area is 106 Å². The fraction of sp³-hybridized carbons (Fsp3) is 0.923. The predicted molar refractivity (Wildman–Crippen MR) is 74.8 cm³/mol. The standard InChI is InChI=1S/C13H27NOS/c1-4-7-10-14(11-8-5-2)13(16)15-12-9-6-3/h4-12H2,1-3H3. The van der Waals surface area contributed by atoms with E-state index >= 15 is 0 Å². The molecule has 0 aromatic rings. The zero-order valence-corrected chi connectivity index (χ0v) is 11.9. The molecule has 0 aliphatic rings. The average Bonchev–Trinajstić information content (AvgIpc) is 2.29. The van der Waals surface area contributed by atoms with E-state index in [0.717, 1.165) is 32.5 Å². The molecule has 0 aromatic carbocycles. The van der Waals surface area contributed by atoms with Gasteiger partial charge in [0.2, 0.25) is 0 Å². The molecule has 0 aromatic heterocycles. The lowest BCUT2D eigenvalue weighted by molar-refractivity contribution is 0.234. The van der Waals surface area contributed by atoms with Crippen molar-refractivity contribution >= 4 is 17.4 Å². The van der Waals surface area contributed by atoms with Crippen molar-refractivity contribution < 1.29 is 4.74 Å². The summed E-state index contributed by atoms with van der Waals surface area (Å²) in [5, 5.41) is 0.704. The fourth-order valence-corrected chi connectivity index (χ4v) is 1.65. The Morgan fingerprint density at radius 2 is 1.44 bits per heavy atom. The smallest absolute Gasteiger partial charge is 0.259 e. The summed E-state index contributed by atoms with van der Waals surface area (Å²) in [6, 6.07) is 0. The van der Waals surface area contributed by atoms with Crippen molar-refractivity contribution in [2.24, 2.45) is 0 Å². The van der Waals surface area contributed by atoms with Gasteiger partial charge in [-0.2, -0.15) is 0 Å². The van der Waals surface area contributed by atoms with Crippen molar-refractivity contribution in [2.75, 3.05) is 19.7 Å². The van der Waals surface area contributed by atoms with E-state index in [-0.39, 0.29) is 0 Å². The molecule has 0 fully saturated rings. The van der Waals surface area contributed by atoms with E-state index in [1.165, 1.54) is 25.7 Å². The fourth-order valence-electron chi connectivity index (χ4n) is 1.39. The predicted octanol–water partition coefficient (Wildman–Crippen LogP) is 3.99. The molecule has 2 nitrogen and oxygen atoms in total. The van der Waals surface area contributed by atoms with Gasteiger partial charge in [-0.05, 0) is 31.5 Å². The van der Waals surface area contributed by atoms with Gasteiger partial charge in [0.1, 0.15) is 0 Å². The normalized spacial score (nSPS) is 10.2. The quantitative estimate of drug-likeness (QED) is 0.450. The minimum atomic E-state index is 0.704. The molecule has 0 spiro atoms. The Hall–Kier alpha value is -0.310. The Morgan fingerprint density at radius 3 is 1.88 bits per heavy atom. The summed E-state index contributed by atoms with van der Waals surface area (Å²) in [5.74, 6) is 0. The summed E-state index contributed by atoms with van der Waals surface area (Å²) >= 11 is 5.32. The van der Waals surface area contributed by atoms with Crippen molar-refractivity contribution in [1.82, 2.24) is 4.90 Å². The SMILES string of the molecule is CCCCOC(=S)N(CCCC)CCCC. The van der Waals surface area contributed by atoms with Gasteiger partial charge in [-0.1, -0.05) is 40.0 Å². The average molecular weight is 245 g/mol. The molecule has 0 rings (SSSR count). The maximum atomic E-state index is 5.60. The van der Waals surface area contributed by atoms with E-state index in [2.05, 4.69) is 25.7 Å². The molecule has 0 aliphatic heterocycles. The van der Waals surface area contributed by atoms with E-state index in [4.69, 9.17) is 17.0 Å². The molecular weight excluding hydrogens is 218 g/mol. The number of thiocarbonyl (C=S) groups is 1. The van der Waals surface area contributed by atoms with E-state index in [0.29, 0.717) is 5.17 Å². The first-order valence-corrected chi connectivity index (χ1v) is 7.08. The summed E-state index contributed by atoms with van der Waals surface area (Å²) < 4.78 is 5.60. The van der Waals surface area contributed by atoms with Crippen LogP contribution in [0.1, 0.15) is 59.3 Å². The van der Waals surface area contributed by atoms with Crippen LogP contribution in [-0.4, -0.2) is 29.8 Å².